The highest BCUT2D eigenvalue weighted by atomic mass is 19.4. The number of nitriles is 1. The summed E-state index contributed by atoms with van der Waals surface area (Å²) in [5.41, 5.74) is 1.43. The predicted molar refractivity (Wildman–Crippen MR) is 115 cm³/mol. The van der Waals surface area contributed by atoms with Gasteiger partial charge in [0.2, 0.25) is 5.91 Å². The molecule has 170 valence electrons. The second-order valence-electron chi connectivity index (χ2n) is 8.85. The van der Waals surface area contributed by atoms with Gasteiger partial charge in [-0.05, 0) is 49.3 Å². The first kappa shape index (κ1) is 23.7. The summed E-state index contributed by atoms with van der Waals surface area (Å²) < 4.78 is 42.0. The second-order valence-corrected chi connectivity index (χ2v) is 8.85. The maximum Gasteiger partial charge on any atom is 0.407 e. The molecule has 1 saturated carbocycles. The average Bonchev–Trinajstić information content (AvgIpc) is 3.50. The smallest absolute Gasteiger partial charge is 0.336 e. The molecule has 1 aliphatic rings. The molecule has 0 aliphatic heterocycles. The summed E-state index contributed by atoms with van der Waals surface area (Å²) in [5, 5.41) is 14.4. The number of aromatic nitrogens is 1. The van der Waals surface area contributed by atoms with Crippen molar-refractivity contribution in [3.05, 3.63) is 53.7 Å². The number of benzene rings is 1. The number of nitrogens with one attached hydrogen (secondary N) is 2. The van der Waals surface area contributed by atoms with E-state index < -0.39 is 29.7 Å². The zero-order valence-electron chi connectivity index (χ0n) is 18.3. The van der Waals surface area contributed by atoms with Crippen LogP contribution in [0.4, 0.5) is 13.2 Å². The van der Waals surface area contributed by atoms with E-state index in [-0.39, 0.29) is 17.9 Å². The monoisotopic (exact) mass is 444 g/mol. The van der Waals surface area contributed by atoms with Gasteiger partial charge >= 0.3 is 6.18 Å². The number of carbonyl (C=O) groups is 1. The molecule has 5 nitrogen and oxygen atoms in total. The van der Waals surface area contributed by atoms with E-state index in [4.69, 9.17) is 0 Å². The van der Waals surface area contributed by atoms with Crippen LogP contribution in [0.15, 0.2) is 42.6 Å². The first-order valence-electron chi connectivity index (χ1n) is 10.6. The minimum absolute atomic E-state index is 0.0105. The minimum Gasteiger partial charge on any atom is -0.336 e. The largest absolute Gasteiger partial charge is 0.407 e. The summed E-state index contributed by atoms with van der Waals surface area (Å²) >= 11 is 0. The van der Waals surface area contributed by atoms with Gasteiger partial charge in [0.15, 0.2) is 0 Å². The molecule has 3 rings (SSSR count). The van der Waals surface area contributed by atoms with Crippen LogP contribution in [0.3, 0.4) is 0 Å². The van der Waals surface area contributed by atoms with Crippen molar-refractivity contribution < 1.29 is 18.0 Å². The Hall–Kier alpha value is -2.92. The van der Waals surface area contributed by atoms with Crippen LogP contribution >= 0.6 is 0 Å². The lowest BCUT2D eigenvalue weighted by Crippen LogP contribution is -2.52. The van der Waals surface area contributed by atoms with Crippen LogP contribution in [0.1, 0.15) is 50.3 Å². The molecule has 1 fully saturated rings. The van der Waals surface area contributed by atoms with Gasteiger partial charge in [0.25, 0.3) is 0 Å². The highest BCUT2D eigenvalue weighted by Crippen LogP contribution is 2.36. The Morgan fingerprint density at radius 2 is 1.84 bits per heavy atom. The van der Waals surface area contributed by atoms with Crippen molar-refractivity contribution >= 4 is 5.91 Å². The number of carbonyl (C=O) groups excluding carboxylic acids is 1. The Bertz CT molecular complexity index is 974. The molecule has 2 aromatic rings. The summed E-state index contributed by atoms with van der Waals surface area (Å²) in [6, 6.07) is 8.66. The van der Waals surface area contributed by atoms with Gasteiger partial charge in [-0.2, -0.15) is 18.4 Å². The van der Waals surface area contributed by atoms with Crippen LogP contribution in [0.2, 0.25) is 0 Å². The molecule has 0 bridgehead atoms. The van der Waals surface area contributed by atoms with Crippen molar-refractivity contribution in [2.45, 2.75) is 63.8 Å². The number of aryl methyl sites for hydroxylation is 1. The lowest BCUT2D eigenvalue weighted by atomic mass is 9.98. The number of pyridine rings is 1. The number of hydrogen-bond acceptors (Lipinski definition) is 4. The highest BCUT2D eigenvalue weighted by molar-refractivity contribution is 5.83. The summed E-state index contributed by atoms with van der Waals surface area (Å²) in [6.45, 7) is 5.58. The van der Waals surface area contributed by atoms with Gasteiger partial charge in [-0.25, -0.2) is 0 Å². The molecular weight excluding hydrogens is 417 g/mol. The molecule has 1 aliphatic carbocycles. The molecule has 0 radical (unpaired) electrons. The summed E-state index contributed by atoms with van der Waals surface area (Å²) in [7, 11) is 0. The number of rotatable bonds is 8. The van der Waals surface area contributed by atoms with E-state index in [1.807, 2.05) is 39.0 Å². The standard InChI is InChI=1S/C24H27F3N4O/c1-15(2)12-20(22(32)31-23(14-28)10-11-23)30-21(24(25,26)27)18-7-5-17(6-8-18)19-9-4-16(3)13-29-19/h4-9,13,15,20-21,30H,10-12H2,1-3H3,(H,31,32)/t20-,21-/m0/s1. The van der Waals surface area contributed by atoms with Gasteiger partial charge in [0, 0.05) is 11.8 Å². The van der Waals surface area contributed by atoms with Crippen molar-refractivity contribution in [2.24, 2.45) is 5.92 Å². The van der Waals surface area contributed by atoms with Crippen molar-refractivity contribution in [3.63, 3.8) is 0 Å². The maximum absolute atomic E-state index is 14.0. The predicted octanol–water partition coefficient (Wildman–Crippen LogP) is 4.84. The molecule has 2 N–H and O–H groups in total. The van der Waals surface area contributed by atoms with Crippen LogP contribution in [0, 0.1) is 24.2 Å². The number of halogens is 3. The quantitative estimate of drug-likeness (QED) is 0.611. The number of alkyl halides is 3. The Balaban J connectivity index is 1.83. The van der Waals surface area contributed by atoms with Crippen molar-refractivity contribution in [3.8, 4) is 17.3 Å². The van der Waals surface area contributed by atoms with E-state index >= 15 is 0 Å². The van der Waals surface area contributed by atoms with E-state index in [1.54, 1.807) is 18.3 Å². The second kappa shape index (κ2) is 9.29. The average molecular weight is 445 g/mol. The third-order valence-corrected chi connectivity index (χ3v) is 5.50. The maximum atomic E-state index is 14.0. The zero-order chi connectivity index (χ0) is 23.5. The van der Waals surface area contributed by atoms with E-state index in [0.29, 0.717) is 24.1 Å². The van der Waals surface area contributed by atoms with Crippen LogP contribution < -0.4 is 10.6 Å². The number of amides is 1. The van der Waals surface area contributed by atoms with E-state index in [0.717, 1.165) is 5.56 Å². The van der Waals surface area contributed by atoms with Crippen LogP contribution in [0.25, 0.3) is 11.3 Å². The molecule has 0 spiro atoms. The normalized spacial score (nSPS) is 16.8. The zero-order valence-corrected chi connectivity index (χ0v) is 18.3. The fourth-order valence-electron chi connectivity index (χ4n) is 3.50. The highest BCUT2D eigenvalue weighted by Gasteiger charge is 2.47. The third-order valence-electron chi connectivity index (χ3n) is 5.50. The molecule has 0 saturated heterocycles. The lowest BCUT2D eigenvalue weighted by molar-refractivity contribution is -0.161. The minimum atomic E-state index is -4.61. The Labute approximate surface area is 186 Å². The lowest BCUT2D eigenvalue weighted by Gasteiger charge is -2.29. The van der Waals surface area contributed by atoms with Crippen LogP contribution in [-0.4, -0.2) is 28.6 Å². The third kappa shape index (κ3) is 5.86. The molecule has 32 heavy (non-hydrogen) atoms. The van der Waals surface area contributed by atoms with Crippen molar-refractivity contribution in [1.82, 2.24) is 15.6 Å². The molecule has 2 atom stereocenters. The first-order valence-corrected chi connectivity index (χ1v) is 10.6. The SMILES string of the molecule is Cc1ccc(-c2ccc([C@H](N[C@@H](CC(C)C)C(=O)NC3(C#N)CC3)C(F)(F)F)cc2)nc1. The molecule has 1 heterocycles. The van der Waals surface area contributed by atoms with E-state index in [1.165, 1.54) is 12.1 Å². The fourth-order valence-corrected chi connectivity index (χ4v) is 3.50. The fraction of sp³-hybridized carbons (Fsp3) is 0.458. The topological polar surface area (TPSA) is 77.8 Å². The molecule has 0 unspecified atom stereocenters. The summed E-state index contributed by atoms with van der Waals surface area (Å²) in [5.74, 6) is -0.591. The Kier molecular flexibility index (Phi) is 6.89. The van der Waals surface area contributed by atoms with E-state index in [2.05, 4.69) is 15.6 Å². The first-order chi connectivity index (χ1) is 15.0. The molecule has 1 aromatic carbocycles. The van der Waals surface area contributed by atoms with Gasteiger partial charge in [0.1, 0.15) is 11.6 Å². The molecule has 1 amide bonds. The van der Waals surface area contributed by atoms with Crippen LogP contribution in [-0.2, 0) is 4.79 Å². The van der Waals surface area contributed by atoms with Gasteiger partial charge < -0.3 is 5.32 Å². The van der Waals surface area contributed by atoms with Crippen molar-refractivity contribution in [1.29, 1.82) is 5.26 Å². The van der Waals surface area contributed by atoms with Gasteiger partial charge in [0.05, 0.1) is 17.8 Å². The summed E-state index contributed by atoms with van der Waals surface area (Å²) in [4.78, 5) is 17.1. The molecule has 1 aromatic heterocycles. The molecule has 8 heteroatoms. The van der Waals surface area contributed by atoms with Gasteiger partial charge in [-0.1, -0.05) is 44.2 Å². The number of hydrogen-bond donors (Lipinski definition) is 2. The van der Waals surface area contributed by atoms with Crippen LogP contribution in [0.5, 0.6) is 0 Å². The van der Waals surface area contributed by atoms with Gasteiger partial charge in [-0.15, -0.1) is 0 Å². The van der Waals surface area contributed by atoms with Gasteiger partial charge in [-0.3, -0.25) is 15.1 Å². The van der Waals surface area contributed by atoms with Crippen molar-refractivity contribution in [2.75, 3.05) is 0 Å². The summed E-state index contributed by atoms with van der Waals surface area (Å²) in [6.07, 6.45) is -1.66. The Morgan fingerprint density at radius 1 is 1.19 bits per heavy atom. The Morgan fingerprint density at radius 3 is 2.31 bits per heavy atom. The number of nitrogens with zero attached hydrogens (tertiary/aromatic N) is 2. The molecular formula is C24H27F3N4O. The van der Waals surface area contributed by atoms with E-state index in [9.17, 15) is 23.2 Å².